The number of ether oxygens (including phenoxy) is 1. The van der Waals surface area contributed by atoms with Gasteiger partial charge in [-0.2, -0.15) is 0 Å². The Morgan fingerprint density at radius 3 is 2.32 bits per heavy atom. The molecule has 31 heavy (non-hydrogen) atoms. The van der Waals surface area contributed by atoms with E-state index >= 15 is 0 Å². The van der Waals surface area contributed by atoms with Gasteiger partial charge in [0.2, 0.25) is 0 Å². The second kappa shape index (κ2) is 8.87. The molecule has 4 rings (SSSR count). The molecule has 7 heteroatoms. The number of amides is 1. The van der Waals surface area contributed by atoms with Gasteiger partial charge in [-0.1, -0.05) is 42.5 Å². The summed E-state index contributed by atoms with van der Waals surface area (Å²) in [5, 5.41) is 17.7. The molecule has 3 aromatic carbocycles. The third-order valence-corrected chi connectivity index (χ3v) is 5.25. The minimum atomic E-state index is -0.459. The third-order valence-electron chi connectivity index (χ3n) is 5.25. The first-order chi connectivity index (χ1) is 15.0. The molecule has 1 saturated carbocycles. The van der Waals surface area contributed by atoms with Crippen molar-refractivity contribution in [2.75, 3.05) is 12.4 Å². The van der Waals surface area contributed by atoms with Crippen molar-refractivity contribution in [1.82, 2.24) is 5.32 Å². The van der Waals surface area contributed by atoms with Crippen LogP contribution in [0.4, 0.5) is 11.4 Å². The number of nitrogens with one attached hydrogen (secondary N) is 2. The Balaban J connectivity index is 1.62. The van der Waals surface area contributed by atoms with Crippen molar-refractivity contribution < 1.29 is 14.5 Å². The van der Waals surface area contributed by atoms with Gasteiger partial charge < -0.3 is 15.4 Å². The summed E-state index contributed by atoms with van der Waals surface area (Å²) in [6.07, 6.45) is 2.00. The molecule has 0 radical (unpaired) electrons. The summed E-state index contributed by atoms with van der Waals surface area (Å²) in [6, 6.07) is 21.4. The second-order valence-electron chi connectivity index (χ2n) is 7.50. The second-order valence-corrected chi connectivity index (χ2v) is 7.50. The highest BCUT2D eigenvalue weighted by Gasteiger charge is 2.26. The summed E-state index contributed by atoms with van der Waals surface area (Å²) in [5.41, 5.74) is 2.37. The summed E-state index contributed by atoms with van der Waals surface area (Å²) in [5.74, 6) is 0.335. The van der Waals surface area contributed by atoms with Gasteiger partial charge in [-0.05, 0) is 48.2 Å². The van der Waals surface area contributed by atoms with Crippen LogP contribution in [0.3, 0.4) is 0 Å². The lowest BCUT2D eigenvalue weighted by molar-refractivity contribution is -0.384. The van der Waals surface area contributed by atoms with Gasteiger partial charge in [-0.25, -0.2) is 0 Å². The van der Waals surface area contributed by atoms with Crippen LogP contribution in [0.2, 0.25) is 0 Å². The Labute approximate surface area is 180 Å². The number of benzene rings is 3. The number of anilines is 1. The zero-order valence-electron chi connectivity index (χ0n) is 17.1. The molecule has 0 bridgehead atoms. The predicted octanol–water partition coefficient (Wildman–Crippen LogP) is 4.70. The predicted molar refractivity (Wildman–Crippen MR) is 118 cm³/mol. The Kier molecular flexibility index (Phi) is 5.84. The first-order valence-corrected chi connectivity index (χ1v) is 10.1. The summed E-state index contributed by atoms with van der Waals surface area (Å²) in [7, 11) is 1.60. The molecule has 1 fully saturated rings. The van der Waals surface area contributed by atoms with Gasteiger partial charge in [0, 0.05) is 17.7 Å². The third kappa shape index (κ3) is 4.83. The van der Waals surface area contributed by atoms with Crippen molar-refractivity contribution in [3.05, 3.63) is 99.6 Å². The van der Waals surface area contributed by atoms with E-state index < -0.39 is 11.0 Å². The smallest absolute Gasteiger partial charge is 0.293 e. The van der Waals surface area contributed by atoms with Crippen molar-refractivity contribution in [2.45, 2.75) is 24.9 Å². The molecule has 1 atom stereocenters. The molecule has 7 nitrogen and oxygen atoms in total. The quantitative estimate of drug-likeness (QED) is 0.409. The highest BCUT2D eigenvalue weighted by molar-refractivity contribution is 5.96. The number of nitro groups is 1. The van der Waals surface area contributed by atoms with Crippen LogP contribution in [-0.2, 0) is 0 Å². The Morgan fingerprint density at radius 1 is 1.03 bits per heavy atom. The van der Waals surface area contributed by atoms with E-state index in [0.29, 0.717) is 5.69 Å². The van der Waals surface area contributed by atoms with Crippen molar-refractivity contribution in [3.8, 4) is 5.75 Å². The molecule has 0 aromatic heterocycles. The van der Waals surface area contributed by atoms with Gasteiger partial charge >= 0.3 is 0 Å². The summed E-state index contributed by atoms with van der Waals surface area (Å²) in [6.45, 7) is 0. The largest absolute Gasteiger partial charge is 0.497 e. The van der Waals surface area contributed by atoms with E-state index in [2.05, 4.69) is 10.6 Å². The number of rotatable bonds is 8. The van der Waals surface area contributed by atoms with E-state index in [9.17, 15) is 14.9 Å². The highest BCUT2D eigenvalue weighted by Crippen LogP contribution is 2.32. The van der Waals surface area contributed by atoms with Crippen molar-refractivity contribution in [1.29, 1.82) is 0 Å². The summed E-state index contributed by atoms with van der Waals surface area (Å²) >= 11 is 0. The maximum absolute atomic E-state index is 13.1. The number of nitrogens with zero attached hydrogens (tertiary/aromatic N) is 1. The minimum Gasteiger partial charge on any atom is -0.497 e. The Hall–Kier alpha value is -3.87. The van der Waals surface area contributed by atoms with Gasteiger partial charge in [0.25, 0.3) is 11.6 Å². The molecule has 3 aromatic rings. The van der Waals surface area contributed by atoms with E-state index in [1.807, 2.05) is 54.6 Å². The molecule has 1 amide bonds. The number of methoxy groups -OCH3 is 1. The van der Waals surface area contributed by atoms with E-state index in [4.69, 9.17) is 4.74 Å². The van der Waals surface area contributed by atoms with Crippen LogP contribution in [-0.4, -0.2) is 24.0 Å². The van der Waals surface area contributed by atoms with Crippen LogP contribution >= 0.6 is 0 Å². The first kappa shape index (κ1) is 20.4. The molecular formula is C24H23N3O4. The van der Waals surface area contributed by atoms with E-state index in [1.165, 1.54) is 6.07 Å². The molecule has 1 aliphatic carbocycles. The lowest BCUT2D eigenvalue weighted by Gasteiger charge is -2.20. The molecule has 0 aliphatic heterocycles. The molecule has 0 spiro atoms. The fraction of sp³-hybridized carbons (Fsp3) is 0.208. The SMILES string of the molecule is COc1ccc(C(NC(=O)c2ccc(NC3CC3)c([N+](=O)[O-])c2)c2ccccc2)cc1. The number of carbonyl (C=O) groups excluding carboxylic acids is 1. The zero-order chi connectivity index (χ0) is 21.8. The van der Waals surface area contributed by atoms with E-state index in [0.717, 1.165) is 29.7 Å². The molecule has 158 valence electrons. The van der Waals surface area contributed by atoms with Crippen LogP contribution in [0.1, 0.15) is 40.4 Å². The van der Waals surface area contributed by atoms with E-state index in [1.54, 1.807) is 19.2 Å². The monoisotopic (exact) mass is 417 g/mol. The molecule has 1 unspecified atom stereocenters. The lowest BCUT2D eigenvalue weighted by atomic mass is 9.98. The normalized spacial score (nSPS) is 13.8. The van der Waals surface area contributed by atoms with Gasteiger partial charge in [-0.15, -0.1) is 0 Å². The van der Waals surface area contributed by atoms with Crippen LogP contribution in [0.25, 0.3) is 0 Å². The number of nitro benzene ring substituents is 1. The topological polar surface area (TPSA) is 93.5 Å². The molecule has 0 heterocycles. The Bertz CT molecular complexity index is 1080. The standard InChI is InChI=1S/C24H23N3O4/c1-31-20-12-7-17(8-13-20)23(16-5-3-2-4-6-16)26-24(28)18-9-14-21(25-19-10-11-19)22(15-18)27(29)30/h2-9,12-15,19,23,25H,10-11H2,1H3,(H,26,28). The van der Waals surface area contributed by atoms with Gasteiger partial charge in [0.1, 0.15) is 11.4 Å². The summed E-state index contributed by atoms with van der Waals surface area (Å²) < 4.78 is 5.23. The maximum Gasteiger partial charge on any atom is 0.293 e. The van der Waals surface area contributed by atoms with Crippen molar-refractivity contribution in [3.63, 3.8) is 0 Å². The fourth-order valence-electron chi connectivity index (χ4n) is 3.41. The van der Waals surface area contributed by atoms with E-state index in [-0.39, 0.29) is 23.2 Å². The number of hydrogen-bond donors (Lipinski definition) is 2. The van der Waals surface area contributed by atoms with Crippen LogP contribution in [0.5, 0.6) is 5.75 Å². The van der Waals surface area contributed by atoms with Crippen molar-refractivity contribution in [2.24, 2.45) is 0 Å². The van der Waals surface area contributed by atoms with Crippen LogP contribution in [0, 0.1) is 10.1 Å². The first-order valence-electron chi connectivity index (χ1n) is 10.1. The molecule has 1 aliphatic rings. The minimum absolute atomic E-state index is 0.0970. The average molecular weight is 417 g/mol. The van der Waals surface area contributed by atoms with Gasteiger partial charge in [0.15, 0.2) is 0 Å². The maximum atomic E-state index is 13.1. The van der Waals surface area contributed by atoms with Crippen LogP contribution in [0.15, 0.2) is 72.8 Å². The Morgan fingerprint density at radius 2 is 1.71 bits per heavy atom. The molecule has 2 N–H and O–H groups in total. The number of carbonyl (C=O) groups is 1. The molecule has 0 saturated heterocycles. The number of hydrogen-bond acceptors (Lipinski definition) is 5. The average Bonchev–Trinajstić information content (AvgIpc) is 3.62. The molecular weight excluding hydrogens is 394 g/mol. The van der Waals surface area contributed by atoms with Gasteiger partial charge in [-0.3, -0.25) is 14.9 Å². The zero-order valence-corrected chi connectivity index (χ0v) is 17.1. The van der Waals surface area contributed by atoms with Gasteiger partial charge in [0.05, 0.1) is 18.1 Å². The lowest BCUT2D eigenvalue weighted by Crippen LogP contribution is -2.29. The fourth-order valence-corrected chi connectivity index (χ4v) is 3.41. The van der Waals surface area contributed by atoms with Crippen LogP contribution < -0.4 is 15.4 Å². The van der Waals surface area contributed by atoms with Crippen molar-refractivity contribution >= 4 is 17.3 Å². The summed E-state index contributed by atoms with van der Waals surface area (Å²) in [4.78, 5) is 24.2. The highest BCUT2D eigenvalue weighted by atomic mass is 16.6.